The fraction of sp³-hybridized carbons (Fsp3) is 0.417. The van der Waals surface area contributed by atoms with Crippen LogP contribution in [0.15, 0.2) is 18.2 Å². The lowest BCUT2D eigenvalue weighted by atomic mass is 10.2. The molecule has 6 heteroatoms. The van der Waals surface area contributed by atoms with Gasteiger partial charge in [0.25, 0.3) is 5.91 Å². The van der Waals surface area contributed by atoms with Crippen molar-refractivity contribution >= 4 is 33.4 Å². The summed E-state index contributed by atoms with van der Waals surface area (Å²) in [6.45, 7) is 1.01. The van der Waals surface area contributed by atoms with E-state index in [1.807, 2.05) is 0 Å². The topological polar surface area (TPSA) is 38.3 Å². The van der Waals surface area contributed by atoms with Crippen molar-refractivity contribution in [2.45, 2.75) is 11.2 Å². The van der Waals surface area contributed by atoms with Gasteiger partial charge in [0, 0.05) is 23.5 Å². The average molecular weight is 339 g/mol. The van der Waals surface area contributed by atoms with Crippen molar-refractivity contribution < 1.29 is 13.9 Å². The Kier molecular flexibility index (Phi) is 6.60. The number of benzene rings is 1. The first-order valence-corrected chi connectivity index (χ1v) is 6.70. The van der Waals surface area contributed by atoms with Crippen LogP contribution in [0, 0.1) is 5.82 Å². The van der Waals surface area contributed by atoms with Crippen LogP contribution in [0.25, 0.3) is 0 Å². The first kappa shape index (κ1) is 15.4. The largest absolute Gasteiger partial charge is 0.384 e. The third-order valence-corrected chi connectivity index (χ3v) is 3.22. The number of nitrogens with one attached hydrogen (secondary N) is 1. The summed E-state index contributed by atoms with van der Waals surface area (Å²) in [4.78, 5) is 11.8. The molecule has 1 atom stereocenters. The van der Waals surface area contributed by atoms with Crippen LogP contribution < -0.4 is 5.32 Å². The molecule has 0 aliphatic heterocycles. The van der Waals surface area contributed by atoms with E-state index in [1.54, 1.807) is 7.11 Å². The summed E-state index contributed by atoms with van der Waals surface area (Å²) in [6, 6.07) is 3.97. The van der Waals surface area contributed by atoms with Crippen molar-refractivity contribution in [2.24, 2.45) is 0 Å². The summed E-state index contributed by atoms with van der Waals surface area (Å²) in [7, 11) is 1.61. The molecule has 100 valence electrons. The highest BCUT2D eigenvalue weighted by atomic mass is 79.9. The number of carbonyl (C=O) groups excluding carboxylic acids is 1. The number of carbonyl (C=O) groups is 1. The number of ether oxygens (including phenoxy) is 1. The Morgan fingerprint density at radius 1 is 1.61 bits per heavy atom. The molecule has 0 spiro atoms. The second kappa shape index (κ2) is 7.71. The molecule has 1 amide bonds. The summed E-state index contributed by atoms with van der Waals surface area (Å²) in [5.41, 5.74) is -0.00253. The van der Waals surface area contributed by atoms with Crippen LogP contribution >= 0.6 is 27.5 Å². The maximum Gasteiger partial charge on any atom is 0.254 e. The predicted octanol–water partition coefficient (Wildman–Crippen LogP) is 3.01. The van der Waals surface area contributed by atoms with E-state index in [1.165, 1.54) is 12.1 Å². The van der Waals surface area contributed by atoms with E-state index in [0.29, 0.717) is 19.6 Å². The Hall–Kier alpha value is -0.650. The van der Waals surface area contributed by atoms with Gasteiger partial charge < -0.3 is 10.1 Å². The van der Waals surface area contributed by atoms with Crippen LogP contribution in [0.3, 0.4) is 0 Å². The molecule has 1 unspecified atom stereocenters. The van der Waals surface area contributed by atoms with Gasteiger partial charge in [0.05, 0.1) is 12.2 Å². The maximum absolute atomic E-state index is 13.4. The zero-order valence-corrected chi connectivity index (χ0v) is 12.2. The summed E-state index contributed by atoms with van der Waals surface area (Å²) in [6.07, 6.45) is 0.703. The number of rotatable bonds is 6. The molecule has 1 rings (SSSR count). The third-order valence-electron chi connectivity index (χ3n) is 2.27. The fourth-order valence-electron chi connectivity index (χ4n) is 1.38. The fourth-order valence-corrected chi connectivity index (χ4v) is 2.03. The smallest absolute Gasteiger partial charge is 0.254 e. The van der Waals surface area contributed by atoms with Crippen LogP contribution in [0.5, 0.6) is 0 Å². The number of methoxy groups -OCH3 is 1. The molecule has 1 aromatic rings. The second-order valence-corrected chi connectivity index (χ2v) is 5.45. The van der Waals surface area contributed by atoms with E-state index >= 15 is 0 Å². The highest BCUT2D eigenvalue weighted by Crippen LogP contribution is 2.14. The van der Waals surface area contributed by atoms with Crippen molar-refractivity contribution in [1.29, 1.82) is 0 Å². The minimum atomic E-state index is -0.618. The van der Waals surface area contributed by atoms with Gasteiger partial charge in [-0.3, -0.25) is 4.79 Å². The molecule has 0 fully saturated rings. The quantitative estimate of drug-likeness (QED) is 0.810. The van der Waals surface area contributed by atoms with Crippen LogP contribution in [-0.4, -0.2) is 31.0 Å². The lowest BCUT2D eigenvalue weighted by Gasteiger charge is -2.10. The van der Waals surface area contributed by atoms with Gasteiger partial charge in [-0.2, -0.15) is 0 Å². The van der Waals surface area contributed by atoms with Crippen molar-refractivity contribution in [2.75, 3.05) is 20.3 Å². The molecule has 0 saturated carbocycles. The van der Waals surface area contributed by atoms with E-state index in [2.05, 4.69) is 21.2 Å². The molecule has 3 nitrogen and oxygen atoms in total. The van der Waals surface area contributed by atoms with Crippen molar-refractivity contribution in [1.82, 2.24) is 5.32 Å². The van der Waals surface area contributed by atoms with Crippen molar-refractivity contribution in [3.05, 3.63) is 34.6 Å². The monoisotopic (exact) mass is 337 g/mol. The van der Waals surface area contributed by atoms with Gasteiger partial charge in [-0.25, -0.2) is 4.39 Å². The van der Waals surface area contributed by atoms with Crippen LogP contribution in [0.2, 0.25) is 5.02 Å². The molecule has 1 N–H and O–H groups in total. The van der Waals surface area contributed by atoms with E-state index in [-0.39, 0.29) is 15.4 Å². The molecule has 0 bridgehead atoms. The third kappa shape index (κ3) is 4.92. The molecular formula is C12H14BrClFNO2. The summed E-state index contributed by atoms with van der Waals surface area (Å²) in [5.74, 6) is -1.06. The molecular weight excluding hydrogens is 324 g/mol. The Morgan fingerprint density at radius 3 is 2.94 bits per heavy atom. The Bertz CT molecular complexity index is 417. The van der Waals surface area contributed by atoms with E-state index in [4.69, 9.17) is 16.3 Å². The lowest BCUT2D eigenvalue weighted by molar-refractivity contribution is 0.0948. The van der Waals surface area contributed by atoms with Crippen molar-refractivity contribution in [3.8, 4) is 0 Å². The molecule has 0 aliphatic carbocycles. The normalized spacial score (nSPS) is 12.2. The SMILES string of the molecule is COCC(Br)CCNC(=O)c1ccc(Cl)cc1F. The van der Waals surface area contributed by atoms with E-state index < -0.39 is 11.7 Å². The Balaban J connectivity index is 2.45. The Morgan fingerprint density at radius 2 is 2.33 bits per heavy atom. The summed E-state index contributed by atoms with van der Waals surface area (Å²) >= 11 is 9.01. The molecule has 0 aromatic heterocycles. The highest BCUT2D eigenvalue weighted by molar-refractivity contribution is 9.09. The first-order chi connectivity index (χ1) is 8.54. The number of amides is 1. The minimum Gasteiger partial charge on any atom is -0.384 e. The lowest BCUT2D eigenvalue weighted by Crippen LogP contribution is -2.27. The molecule has 1 aromatic carbocycles. The zero-order valence-electron chi connectivity index (χ0n) is 9.88. The maximum atomic E-state index is 13.4. The predicted molar refractivity (Wildman–Crippen MR) is 73.0 cm³/mol. The van der Waals surface area contributed by atoms with Gasteiger partial charge in [-0.05, 0) is 24.6 Å². The number of hydrogen-bond acceptors (Lipinski definition) is 2. The second-order valence-electron chi connectivity index (χ2n) is 3.72. The summed E-state index contributed by atoms with van der Waals surface area (Å²) in [5, 5.41) is 2.91. The van der Waals surface area contributed by atoms with E-state index in [9.17, 15) is 9.18 Å². The van der Waals surface area contributed by atoms with E-state index in [0.717, 1.165) is 6.07 Å². The molecule has 0 saturated heterocycles. The van der Waals surface area contributed by atoms with Gasteiger partial charge in [0.15, 0.2) is 0 Å². The van der Waals surface area contributed by atoms with Crippen LogP contribution in [0.4, 0.5) is 4.39 Å². The summed E-state index contributed by atoms with van der Waals surface area (Å²) < 4.78 is 18.4. The van der Waals surface area contributed by atoms with Crippen molar-refractivity contribution in [3.63, 3.8) is 0 Å². The van der Waals surface area contributed by atoms with Gasteiger partial charge in [0.2, 0.25) is 0 Å². The molecule has 0 aliphatic rings. The molecule has 0 radical (unpaired) electrons. The molecule has 18 heavy (non-hydrogen) atoms. The average Bonchev–Trinajstić information content (AvgIpc) is 2.29. The number of hydrogen-bond donors (Lipinski definition) is 1. The van der Waals surface area contributed by atoms with Gasteiger partial charge in [0.1, 0.15) is 5.82 Å². The Labute approximate surface area is 119 Å². The minimum absolute atomic E-state index is 0.00253. The highest BCUT2D eigenvalue weighted by Gasteiger charge is 2.12. The standard InChI is InChI=1S/C12H14BrClFNO2/c1-18-7-8(13)4-5-16-12(17)10-3-2-9(14)6-11(10)15/h2-3,6,8H,4-5,7H2,1H3,(H,16,17). The van der Waals surface area contributed by atoms with Crippen LogP contribution in [-0.2, 0) is 4.74 Å². The first-order valence-electron chi connectivity index (χ1n) is 5.41. The van der Waals surface area contributed by atoms with Gasteiger partial charge in [-0.15, -0.1) is 0 Å². The number of halogens is 3. The molecule has 0 heterocycles. The van der Waals surface area contributed by atoms with Crippen LogP contribution in [0.1, 0.15) is 16.8 Å². The number of alkyl halides is 1. The van der Waals surface area contributed by atoms with Gasteiger partial charge >= 0.3 is 0 Å². The van der Waals surface area contributed by atoms with Gasteiger partial charge in [-0.1, -0.05) is 27.5 Å². The zero-order chi connectivity index (χ0) is 13.5.